The van der Waals surface area contributed by atoms with Crippen LogP contribution in [0.3, 0.4) is 0 Å². The molecule has 17 heavy (non-hydrogen) atoms. The van der Waals surface area contributed by atoms with Gasteiger partial charge >= 0.3 is 0 Å². The molecule has 0 saturated heterocycles. The van der Waals surface area contributed by atoms with Crippen molar-refractivity contribution in [2.75, 3.05) is 13.2 Å². The summed E-state index contributed by atoms with van der Waals surface area (Å²) < 4.78 is 30.4. The van der Waals surface area contributed by atoms with Gasteiger partial charge in [-0.25, -0.2) is 8.78 Å². The lowest BCUT2D eigenvalue weighted by Gasteiger charge is -2.07. The molecule has 0 radical (unpaired) electrons. The van der Waals surface area contributed by atoms with Crippen molar-refractivity contribution >= 4 is 5.91 Å². The molecule has 94 valence electrons. The molecule has 0 aliphatic carbocycles. The molecule has 0 unspecified atom stereocenters. The SMILES string of the molecule is CCCCNC(=O)COc1ccc(F)c(F)c1. The summed E-state index contributed by atoms with van der Waals surface area (Å²) in [6, 6.07) is 3.14. The highest BCUT2D eigenvalue weighted by Crippen LogP contribution is 2.14. The van der Waals surface area contributed by atoms with Crippen molar-refractivity contribution in [2.24, 2.45) is 0 Å². The average molecular weight is 243 g/mol. The molecular formula is C12H15F2NO2. The Labute approximate surface area is 98.8 Å². The first-order valence-electron chi connectivity index (χ1n) is 5.48. The highest BCUT2D eigenvalue weighted by atomic mass is 19.2. The fourth-order valence-corrected chi connectivity index (χ4v) is 1.17. The Morgan fingerprint density at radius 2 is 2.12 bits per heavy atom. The zero-order chi connectivity index (χ0) is 12.7. The Morgan fingerprint density at radius 3 is 2.76 bits per heavy atom. The second-order valence-electron chi connectivity index (χ2n) is 3.57. The van der Waals surface area contributed by atoms with E-state index in [0.717, 1.165) is 25.0 Å². The maximum atomic E-state index is 12.8. The monoisotopic (exact) mass is 243 g/mol. The third-order valence-corrected chi connectivity index (χ3v) is 2.11. The molecule has 0 fully saturated rings. The van der Waals surface area contributed by atoms with Crippen LogP contribution < -0.4 is 10.1 Å². The smallest absolute Gasteiger partial charge is 0.257 e. The van der Waals surface area contributed by atoms with Gasteiger partial charge in [-0.15, -0.1) is 0 Å². The van der Waals surface area contributed by atoms with E-state index in [1.165, 1.54) is 6.07 Å². The number of carbonyl (C=O) groups is 1. The Morgan fingerprint density at radius 1 is 1.35 bits per heavy atom. The van der Waals surface area contributed by atoms with Crippen molar-refractivity contribution in [1.29, 1.82) is 0 Å². The lowest BCUT2D eigenvalue weighted by molar-refractivity contribution is -0.123. The maximum absolute atomic E-state index is 12.8. The van der Waals surface area contributed by atoms with Crippen LogP contribution in [0.2, 0.25) is 0 Å². The van der Waals surface area contributed by atoms with Crippen molar-refractivity contribution in [1.82, 2.24) is 5.32 Å². The number of amides is 1. The molecule has 0 bridgehead atoms. The van der Waals surface area contributed by atoms with Crippen molar-refractivity contribution in [2.45, 2.75) is 19.8 Å². The first-order valence-corrected chi connectivity index (χ1v) is 5.48. The standard InChI is InChI=1S/C12H15F2NO2/c1-2-3-6-15-12(16)8-17-9-4-5-10(13)11(14)7-9/h4-5,7H,2-3,6,8H2,1H3,(H,15,16). The maximum Gasteiger partial charge on any atom is 0.257 e. The van der Waals surface area contributed by atoms with Gasteiger partial charge in [0, 0.05) is 12.6 Å². The van der Waals surface area contributed by atoms with Crippen molar-refractivity contribution in [3.8, 4) is 5.75 Å². The van der Waals surface area contributed by atoms with Gasteiger partial charge in [-0.2, -0.15) is 0 Å². The van der Waals surface area contributed by atoms with Crippen LogP contribution in [-0.4, -0.2) is 19.1 Å². The molecule has 1 aromatic rings. The molecule has 1 aromatic carbocycles. The third-order valence-electron chi connectivity index (χ3n) is 2.11. The molecule has 0 aliphatic rings. The largest absolute Gasteiger partial charge is 0.484 e. The Hall–Kier alpha value is -1.65. The van der Waals surface area contributed by atoms with Crippen molar-refractivity contribution in [3.63, 3.8) is 0 Å². The van der Waals surface area contributed by atoms with Crippen LogP contribution in [0.15, 0.2) is 18.2 Å². The number of benzene rings is 1. The summed E-state index contributed by atoms with van der Waals surface area (Å²) in [4.78, 5) is 11.2. The molecule has 3 nitrogen and oxygen atoms in total. The summed E-state index contributed by atoms with van der Waals surface area (Å²) in [5, 5.41) is 2.65. The first kappa shape index (κ1) is 13.4. The molecule has 0 saturated carbocycles. The lowest BCUT2D eigenvalue weighted by Crippen LogP contribution is -2.29. The predicted octanol–water partition coefficient (Wildman–Crippen LogP) is 2.26. The molecule has 0 aliphatic heterocycles. The zero-order valence-electron chi connectivity index (χ0n) is 9.63. The van der Waals surface area contributed by atoms with Crippen LogP contribution >= 0.6 is 0 Å². The molecule has 1 N–H and O–H groups in total. The van der Waals surface area contributed by atoms with Crippen molar-refractivity contribution < 1.29 is 18.3 Å². The number of carbonyl (C=O) groups excluding carboxylic acids is 1. The van der Waals surface area contributed by atoms with Crippen LogP contribution in [0.4, 0.5) is 8.78 Å². The van der Waals surface area contributed by atoms with Crippen LogP contribution in [-0.2, 0) is 4.79 Å². The normalized spacial score (nSPS) is 10.1. The summed E-state index contributed by atoms with van der Waals surface area (Å²) in [7, 11) is 0. The molecule has 0 aromatic heterocycles. The molecular weight excluding hydrogens is 228 g/mol. The van der Waals surface area contributed by atoms with Gasteiger partial charge in [0.25, 0.3) is 5.91 Å². The lowest BCUT2D eigenvalue weighted by atomic mass is 10.3. The second kappa shape index (κ2) is 6.83. The van der Waals surface area contributed by atoms with Gasteiger partial charge in [-0.3, -0.25) is 4.79 Å². The fourth-order valence-electron chi connectivity index (χ4n) is 1.17. The second-order valence-corrected chi connectivity index (χ2v) is 3.57. The molecule has 5 heteroatoms. The zero-order valence-corrected chi connectivity index (χ0v) is 9.63. The number of halogens is 2. The number of hydrogen-bond donors (Lipinski definition) is 1. The molecule has 0 atom stereocenters. The quantitative estimate of drug-likeness (QED) is 0.778. The van der Waals surface area contributed by atoms with Gasteiger partial charge in [0.2, 0.25) is 0 Å². The predicted molar refractivity (Wildman–Crippen MR) is 59.8 cm³/mol. The molecule has 0 spiro atoms. The van der Waals surface area contributed by atoms with Crippen LogP contribution in [0.1, 0.15) is 19.8 Å². The van der Waals surface area contributed by atoms with Crippen molar-refractivity contribution in [3.05, 3.63) is 29.8 Å². The molecule has 0 heterocycles. The molecule has 1 amide bonds. The average Bonchev–Trinajstić information content (AvgIpc) is 2.31. The van der Waals surface area contributed by atoms with Crippen LogP contribution in [0, 0.1) is 11.6 Å². The van der Waals surface area contributed by atoms with Gasteiger partial charge < -0.3 is 10.1 Å². The highest BCUT2D eigenvalue weighted by Gasteiger charge is 2.05. The van der Waals surface area contributed by atoms with E-state index in [1.54, 1.807) is 0 Å². The number of ether oxygens (including phenoxy) is 1. The van der Waals surface area contributed by atoms with Gasteiger partial charge in [-0.05, 0) is 18.6 Å². The number of unbranched alkanes of at least 4 members (excludes halogenated alkanes) is 1. The Balaban J connectivity index is 2.34. The topological polar surface area (TPSA) is 38.3 Å². The summed E-state index contributed by atoms with van der Waals surface area (Å²) in [6.45, 7) is 2.41. The minimum Gasteiger partial charge on any atom is -0.484 e. The number of hydrogen-bond acceptors (Lipinski definition) is 2. The minimum atomic E-state index is -0.992. The summed E-state index contributed by atoms with van der Waals surface area (Å²) in [5.41, 5.74) is 0. The molecule has 1 rings (SSSR count). The first-order chi connectivity index (χ1) is 8.13. The van der Waals surface area contributed by atoms with Crippen LogP contribution in [0.25, 0.3) is 0 Å². The van der Waals surface area contributed by atoms with E-state index in [9.17, 15) is 13.6 Å². The van der Waals surface area contributed by atoms with E-state index in [2.05, 4.69) is 5.32 Å². The number of nitrogens with one attached hydrogen (secondary N) is 1. The Bertz CT molecular complexity index is 383. The highest BCUT2D eigenvalue weighted by molar-refractivity contribution is 5.77. The minimum absolute atomic E-state index is 0.134. The van der Waals surface area contributed by atoms with Gasteiger partial charge in [0.1, 0.15) is 5.75 Å². The summed E-state index contributed by atoms with van der Waals surface area (Å²) in [6.07, 6.45) is 1.89. The summed E-state index contributed by atoms with van der Waals surface area (Å²) in [5.74, 6) is -2.07. The van der Waals surface area contributed by atoms with Gasteiger partial charge in [-0.1, -0.05) is 13.3 Å². The van der Waals surface area contributed by atoms with E-state index in [0.29, 0.717) is 6.54 Å². The van der Waals surface area contributed by atoms with E-state index < -0.39 is 11.6 Å². The van der Waals surface area contributed by atoms with Crippen LogP contribution in [0.5, 0.6) is 5.75 Å². The number of rotatable bonds is 6. The summed E-state index contributed by atoms with van der Waals surface area (Å²) >= 11 is 0. The Kier molecular flexibility index (Phi) is 5.39. The van der Waals surface area contributed by atoms with Gasteiger partial charge in [0.15, 0.2) is 18.2 Å². The fraction of sp³-hybridized carbons (Fsp3) is 0.417. The van der Waals surface area contributed by atoms with E-state index in [1.807, 2.05) is 6.92 Å². The van der Waals surface area contributed by atoms with E-state index >= 15 is 0 Å². The van der Waals surface area contributed by atoms with E-state index in [4.69, 9.17) is 4.74 Å². The van der Waals surface area contributed by atoms with E-state index in [-0.39, 0.29) is 18.3 Å². The van der Waals surface area contributed by atoms with Gasteiger partial charge in [0.05, 0.1) is 0 Å². The third kappa shape index (κ3) is 4.80.